The number of rotatable bonds is 7. The van der Waals surface area contributed by atoms with Gasteiger partial charge in [0.15, 0.2) is 0 Å². The Kier molecular flexibility index (Phi) is 8.09. The summed E-state index contributed by atoms with van der Waals surface area (Å²) >= 11 is 6.06. The van der Waals surface area contributed by atoms with E-state index < -0.39 is 12.1 Å². The van der Waals surface area contributed by atoms with E-state index in [1.807, 2.05) is 41.3 Å². The lowest BCUT2D eigenvalue weighted by Gasteiger charge is -2.37. The maximum absolute atomic E-state index is 13.8. The Morgan fingerprint density at radius 2 is 1.69 bits per heavy atom. The quantitative estimate of drug-likeness (QED) is 0.346. The summed E-state index contributed by atoms with van der Waals surface area (Å²) in [5.41, 5.74) is 3.53. The van der Waals surface area contributed by atoms with Gasteiger partial charge in [-0.25, -0.2) is 0 Å². The van der Waals surface area contributed by atoms with Crippen LogP contribution in [0.1, 0.15) is 22.7 Å². The number of nitro groups is 1. The van der Waals surface area contributed by atoms with Crippen LogP contribution in [0.25, 0.3) is 0 Å². The SMILES string of the molecule is O=C(N[C@H](Cc1ccc(Cl)cc1)C(=O)N1CCN(c2ccccc2[N+](=O)[O-])CC1)C1NCCc2ccccc21. The molecule has 0 aromatic heterocycles. The number of nitro benzene ring substituents is 1. The summed E-state index contributed by atoms with van der Waals surface area (Å²) in [6, 6.07) is 20.4. The molecule has 0 spiro atoms. The molecule has 0 aliphatic carbocycles. The summed E-state index contributed by atoms with van der Waals surface area (Å²) in [6.07, 6.45) is 1.16. The Labute approximate surface area is 231 Å². The van der Waals surface area contributed by atoms with Gasteiger partial charge in [0.1, 0.15) is 17.8 Å². The van der Waals surface area contributed by atoms with Crippen molar-refractivity contribution < 1.29 is 14.5 Å². The van der Waals surface area contributed by atoms with E-state index in [2.05, 4.69) is 10.6 Å². The molecular formula is C29H30ClN5O4. The topological polar surface area (TPSA) is 108 Å². The van der Waals surface area contributed by atoms with Gasteiger partial charge >= 0.3 is 0 Å². The molecule has 2 amide bonds. The molecule has 0 radical (unpaired) electrons. The van der Waals surface area contributed by atoms with Crippen LogP contribution in [0.2, 0.25) is 5.02 Å². The molecule has 2 N–H and O–H groups in total. The molecule has 9 nitrogen and oxygen atoms in total. The van der Waals surface area contributed by atoms with Crippen molar-refractivity contribution in [3.05, 3.63) is 105 Å². The largest absolute Gasteiger partial charge is 0.362 e. The van der Waals surface area contributed by atoms with Crippen molar-refractivity contribution in [1.29, 1.82) is 0 Å². The van der Waals surface area contributed by atoms with E-state index in [0.717, 1.165) is 23.1 Å². The molecule has 2 atom stereocenters. The molecule has 2 aliphatic rings. The van der Waals surface area contributed by atoms with E-state index in [-0.39, 0.29) is 22.4 Å². The predicted molar refractivity (Wildman–Crippen MR) is 150 cm³/mol. The fourth-order valence-corrected chi connectivity index (χ4v) is 5.45. The number of halogens is 1. The fourth-order valence-electron chi connectivity index (χ4n) is 5.32. The van der Waals surface area contributed by atoms with Crippen molar-refractivity contribution in [3.8, 4) is 0 Å². The molecule has 2 aliphatic heterocycles. The van der Waals surface area contributed by atoms with Gasteiger partial charge < -0.3 is 20.4 Å². The monoisotopic (exact) mass is 547 g/mol. The number of fused-ring (bicyclic) bond motifs is 1. The van der Waals surface area contributed by atoms with Crippen molar-refractivity contribution in [2.24, 2.45) is 0 Å². The number of anilines is 1. The second kappa shape index (κ2) is 11.8. The number of carbonyl (C=O) groups is 2. The molecule has 1 unspecified atom stereocenters. The lowest BCUT2D eigenvalue weighted by Crippen LogP contribution is -2.57. The van der Waals surface area contributed by atoms with Crippen LogP contribution in [0, 0.1) is 10.1 Å². The first-order valence-corrected chi connectivity index (χ1v) is 13.4. The number of nitrogens with zero attached hydrogens (tertiary/aromatic N) is 3. The zero-order chi connectivity index (χ0) is 27.4. The van der Waals surface area contributed by atoms with E-state index in [0.29, 0.717) is 49.9 Å². The van der Waals surface area contributed by atoms with Crippen LogP contribution in [-0.2, 0) is 22.4 Å². The number of hydrogen-bond acceptors (Lipinski definition) is 6. The molecule has 3 aromatic rings. The summed E-state index contributed by atoms with van der Waals surface area (Å²) in [5, 5.41) is 18.4. The van der Waals surface area contributed by atoms with Gasteiger partial charge in [-0.2, -0.15) is 0 Å². The highest BCUT2D eigenvalue weighted by molar-refractivity contribution is 6.30. The molecule has 10 heteroatoms. The van der Waals surface area contributed by atoms with Crippen molar-refractivity contribution in [2.45, 2.75) is 24.9 Å². The van der Waals surface area contributed by atoms with Gasteiger partial charge in [0, 0.05) is 50.2 Å². The number of benzene rings is 3. The number of amides is 2. The Morgan fingerprint density at radius 1 is 1.00 bits per heavy atom. The summed E-state index contributed by atoms with van der Waals surface area (Å²) in [7, 11) is 0. The van der Waals surface area contributed by atoms with Gasteiger partial charge in [-0.05, 0) is 41.3 Å². The Morgan fingerprint density at radius 3 is 2.44 bits per heavy atom. The van der Waals surface area contributed by atoms with E-state index in [9.17, 15) is 19.7 Å². The van der Waals surface area contributed by atoms with Crippen molar-refractivity contribution in [2.75, 3.05) is 37.6 Å². The zero-order valence-corrected chi connectivity index (χ0v) is 22.1. The van der Waals surface area contributed by atoms with Gasteiger partial charge in [-0.1, -0.05) is 60.1 Å². The Balaban J connectivity index is 1.32. The van der Waals surface area contributed by atoms with E-state index in [1.54, 1.807) is 35.2 Å². The highest BCUT2D eigenvalue weighted by atomic mass is 35.5. The minimum absolute atomic E-state index is 0.0467. The predicted octanol–water partition coefficient (Wildman–Crippen LogP) is 3.51. The Hall–Kier alpha value is -3.95. The molecule has 1 saturated heterocycles. The minimum atomic E-state index is -0.771. The highest BCUT2D eigenvalue weighted by Gasteiger charge is 2.33. The third-order valence-electron chi connectivity index (χ3n) is 7.35. The van der Waals surface area contributed by atoms with Crippen LogP contribution in [0.15, 0.2) is 72.8 Å². The lowest BCUT2D eigenvalue weighted by molar-refractivity contribution is -0.384. The zero-order valence-electron chi connectivity index (χ0n) is 21.4. The summed E-state index contributed by atoms with van der Waals surface area (Å²) in [6.45, 7) is 2.37. The second-order valence-corrected chi connectivity index (χ2v) is 10.2. The van der Waals surface area contributed by atoms with Gasteiger partial charge in [-0.3, -0.25) is 19.7 Å². The molecule has 0 saturated carbocycles. The van der Waals surface area contributed by atoms with Gasteiger partial charge in [-0.15, -0.1) is 0 Å². The number of piperazine rings is 1. The third-order valence-corrected chi connectivity index (χ3v) is 7.60. The van der Waals surface area contributed by atoms with Crippen molar-refractivity contribution in [3.63, 3.8) is 0 Å². The average molecular weight is 548 g/mol. The average Bonchev–Trinajstić information content (AvgIpc) is 2.97. The van der Waals surface area contributed by atoms with Gasteiger partial charge in [0.2, 0.25) is 11.8 Å². The van der Waals surface area contributed by atoms with Crippen molar-refractivity contribution >= 4 is 34.8 Å². The number of carbonyl (C=O) groups excluding carboxylic acids is 2. The van der Waals surface area contributed by atoms with E-state index in [4.69, 9.17) is 11.6 Å². The third kappa shape index (κ3) is 6.05. The molecule has 2 heterocycles. The van der Waals surface area contributed by atoms with Crippen LogP contribution < -0.4 is 15.5 Å². The summed E-state index contributed by atoms with van der Waals surface area (Å²) in [4.78, 5) is 42.1. The maximum atomic E-state index is 13.8. The number of para-hydroxylation sites is 2. The minimum Gasteiger partial charge on any atom is -0.362 e. The van der Waals surface area contributed by atoms with Crippen LogP contribution in [0.3, 0.4) is 0 Å². The van der Waals surface area contributed by atoms with Crippen LogP contribution in [-0.4, -0.2) is 60.4 Å². The fraction of sp³-hybridized carbons (Fsp3) is 0.310. The molecule has 0 bridgehead atoms. The Bertz CT molecular complexity index is 1360. The molecule has 1 fully saturated rings. The second-order valence-electron chi connectivity index (χ2n) is 9.79. The summed E-state index contributed by atoms with van der Waals surface area (Å²) < 4.78 is 0. The molecular weight excluding hydrogens is 518 g/mol. The van der Waals surface area contributed by atoms with E-state index >= 15 is 0 Å². The van der Waals surface area contributed by atoms with Crippen LogP contribution >= 0.6 is 11.6 Å². The normalized spacial score (nSPS) is 17.7. The first-order chi connectivity index (χ1) is 18.9. The first-order valence-electron chi connectivity index (χ1n) is 13.0. The smallest absolute Gasteiger partial charge is 0.292 e. The summed E-state index contributed by atoms with van der Waals surface area (Å²) in [5.74, 6) is -0.419. The maximum Gasteiger partial charge on any atom is 0.292 e. The standard InChI is InChI=1S/C29H30ClN5O4/c30-22-11-9-20(10-12-22)19-24(32-28(36)27-23-6-2-1-5-21(23)13-14-31-27)29(37)34-17-15-33(16-18-34)25-7-3-4-8-26(25)35(38)39/h1-12,24,27,31H,13-19H2,(H,32,36)/t24-,27?/m1/s1. The number of hydrogen-bond donors (Lipinski definition) is 2. The highest BCUT2D eigenvalue weighted by Crippen LogP contribution is 2.29. The molecule has 39 heavy (non-hydrogen) atoms. The van der Waals surface area contributed by atoms with E-state index in [1.165, 1.54) is 6.07 Å². The van der Waals surface area contributed by atoms with Crippen LogP contribution in [0.5, 0.6) is 0 Å². The van der Waals surface area contributed by atoms with Crippen molar-refractivity contribution in [1.82, 2.24) is 15.5 Å². The van der Waals surface area contributed by atoms with Gasteiger partial charge in [0.25, 0.3) is 5.69 Å². The number of nitrogens with one attached hydrogen (secondary N) is 2. The molecule has 3 aromatic carbocycles. The van der Waals surface area contributed by atoms with Gasteiger partial charge in [0.05, 0.1) is 4.92 Å². The molecule has 202 valence electrons. The first kappa shape index (κ1) is 26.6. The van der Waals surface area contributed by atoms with Crippen LogP contribution in [0.4, 0.5) is 11.4 Å². The lowest BCUT2D eigenvalue weighted by atomic mass is 9.93. The molecule has 5 rings (SSSR count).